The Labute approximate surface area is 146 Å². The number of halogens is 1. The van der Waals surface area contributed by atoms with Crippen molar-refractivity contribution in [1.29, 1.82) is 0 Å². The van der Waals surface area contributed by atoms with Gasteiger partial charge >= 0.3 is 6.03 Å². The molecule has 2 N–H and O–H groups in total. The molecule has 1 saturated heterocycles. The van der Waals surface area contributed by atoms with Gasteiger partial charge in [0.25, 0.3) is 5.91 Å². The standard InChI is InChI=1S/C17H13IN2O3/c18-13-8-12(6-7-15(13)21)9-14-16(22)20(17(23)19-14)10-11-4-2-1-3-5-11/h1-9,21H,10H2,(H,19,23)/b14-9-. The molecule has 3 rings (SSSR count). The molecule has 1 aliphatic rings. The number of nitrogens with zero attached hydrogens (tertiary/aromatic N) is 1. The molecule has 1 aliphatic heterocycles. The Bertz CT molecular complexity index is 803. The van der Waals surface area contributed by atoms with Gasteiger partial charge in [-0.15, -0.1) is 0 Å². The van der Waals surface area contributed by atoms with Crippen LogP contribution >= 0.6 is 22.6 Å². The van der Waals surface area contributed by atoms with Crippen LogP contribution in [-0.4, -0.2) is 21.9 Å². The van der Waals surface area contributed by atoms with Gasteiger partial charge in [-0.2, -0.15) is 0 Å². The maximum absolute atomic E-state index is 12.4. The third-order valence-electron chi connectivity index (χ3n) is 3.43. The summed E-state index contributed by atoms with van der Waals surface area (Å²) in [6.45, 7) is 0.232. The van der Waals surface area contributed by atoms with E-state index in [-0.39, 0.29) is 23.9 Å². The number of benzene rings is 2. The second-order valence-electron chi connectivity index (χ2n) is 5.08. The predicted molar refractivity (Wildman–Crippen MR) is 94.3 cm³/mol. The van der Waals surface area contributed by atoms with Gasteiger partial charge in [-0.1, -0.05) is 36.4 Å². The zero-order valence-corrected chi connectivity index (χ0v) is 14.1. The molecule has 1 fully saturated rings. The summed E-state index contributed by atoms with van der Waals surface area (Å²) in [4.78, 5) is 25.6. The summed E-state index contributed by atoms with van der Waals surface area (Å²) in [6.07, 6.45) is 1.60. The van der Waals surface area contributed by atoms with Gasteiger partial charge in [0.2, 0.25) is 0 Å². The molecule has 3 amide bonds. The molecule has 0 unspecified atom stereocenters. The number of aromatic hydroxyl groups is 1. The monoisotopic (exact) mass is 420 g/mol. The fraction of sp³-hybridized carbons (Fsp3) is 0.0588. The fourth-order valence-electron chi connectivity index (χ4n) is 2.26. The van der Waals surface area contributed by atoms with Gasteiger partial charge in [-0.3, -0.25) is 9.69 Å². The average Bonchev–Trinajstić information content (AvgIpc) is 2.80. The van der Waals surface area contributed by atoms with E-state index in [0.717, 1.165) is 11.1 Å². The Balaban J connectivity index is 1.83. The molecule has 0 atom stereocenters. The third-order valence-corrected chi connectivity index (χ3v) is 4.29. The van der Waals surface area contributed by atoms with Crippen LogP contribution in [0.15, 0.2) is 54.2 Å². The molecule has 2 aromatic carbocycles. The maximum Gasteiger partial charge on any atom is 0.329 e. The highest BCUT2D eigenvalue weighted by Crippen LogP contribution is 2.23. The average molecular weight is 420 g/mol. The van der Waals surface area contributed by atoms with E-state index in [1.54, 1.807) is 24.3 Å². The lowest BCUT2D eigenvalue weighted by Gasteiger charge is -2.11. The van der Waals surface area contributed by atoms with Gasteiger partial charge < -0.3 is 10.4 Å². The van der Waals surface area contributed by atoms with Gasteiger partial charge in [0.1, 0.15) is 11.4 Å². The Hall–Kier alpha value is -2.35. The molecular formula is C17H13IN2O3. The van der Waals surface area contributed by atoms with Gasteiger partial charge in [0, 0.05) is 0 Å². The number of imide groups is 1. The summed E-state index contributed by atoms with van der Waals surface area (Å²) in [5, 5.41) is 12.1. The molecular weight excluding hydrogens is 407 g/mol. The van der Waals surface area contributed by atoms with Gasteiger partial charge in [0.15, 0.2) is 0 Å². The Kier molecular flexibility index (Phi) is 4.33. The molecule has 0 saturated carbocycles. The zero-order chi connectivity index (χ0) is 16.4. The first-order valence-electron chi connectivity index (χ1n) is 6.91. The van der Waals surface area contributed by atoms with Crippen LogP contribution in [0.3, 0.4) is 0 Å². The van der Waals surface area contributed by atoms with Crippen molar-refractivity contribution in [2.45, 2.75) is 6.54 Å². The minimum atomic E-state index is -0.432. The van der Waals surface area contributed by atoms with Crippen molar-refractivity contribution in [2.24, 2.45) is 0 Å². The molecule has 23 heavy (non-hydrogen) atoms. The molecule has 5 nitrogen and oxygen atoms in total. The van der Waals surface area contributed by atoms with E-state index in [1.807, 2.05) is 52.9 Å². The van der Waals surface area contributed by atoms with Crippen molar-refractivity contribution in [3.8, 4) is 5.75 Å². The number of phenols is 1. The summed E-state index contributed by atoms with van der Waals surface area (Å²) in [6, 6.07) is 13.9. The van der Waals surface area contributed by atoms with Crippen LogP contribution in [0, 0.1) is 3.57 Å². The Morgan fingerprint density at radius 3 is 2.57 bits per heavy atom. The lowest BCUT2D eigenvalue weighted by molar-refractivity contribution is -0.123. The first-order chi connectivity index (χ1) is 11.0. The summed E-state index contributed by atoms with van der Waals surface area (Å²) >= 11 is 2.00. The first-order valence-corrected chi connectivity index (χ1v) is 7.99. The van der Waals surface area contributed by atoms with Crippen molar-refractivity contribution in [2.75, 3.05) is 0 Å². The van der Waals surface area contributed by atoms with E-state index in [4.69, 9.17) is 0 Å². The topological polar surface area (TPSA) is 69.6 Å². The second kappa shape index (κ2) is 6.41. The van der Waals surface area contributed by atoms with Crippen LogP contribution < -0.4 is 5.32 Å². The van der Waals surface area contributed by atoms with Gasteiger partial charge in [-0.25, -0.2) is 4.79 Å². The van der Waals surface area contributed by atoms with E-state index >= 15 is 0 Å². The summed E-state index contributed by atoms with van der Waals surface area (Å²) < 4.78 is 0.676. The second-order valence-corrected chi connectivity index (χ2v) is 6.24. The van der Waals surface area contributed by atoms with E-state index < -0.39 is 6.03 Å². The number of amides is 3. The number of nitrogens with one attached hydrogen (secondary N) is 1. The molecule has 0 spiro atoms. The molecule has 6 heteroatoms. The minimum absolute atomic E-state index is 0.181. The van der Waals surface area contributed by atoms with E-state index in [2.05, 4.69) is 5.32 Å². The molecule has 0 radical (unpaired) electrons. The number of carbonyl (C=O) groups is 2. The van der Waals surface area contributed by atoms with Crippen LogP contribution in [-0.2, 0) is 11.3 Å². The zero-order valence-electron chi connectivity index (χ0n) is 12.0. The van der Waals surface area contributed by atoms with Crippen LogP contribution in [0.4, 0.5) is 4.79 Å². The molecule has 0 aromatic heterocycles. The number of rotatable bonds is 3. The van der Waals surface area contributed by atoms with Crippen LogP contribution in [0.25, 0.3) is 6.08 Å². The van der Waals surface area contributed by atoms with E-state index in [0.29, 0.717) is 3.57 Å². The SMILES string of the molecule is O=C1N/C(=C\c2ccc(O)c(I)c2)C(=O)N1Cc1ccccc1. The van der Waals surface area contributed by atoms with Crippen LogP contribution in [0.5, 0.6) is 5.75 Å². The number of hydrogen-bond acceptors (Lipinski definition) is 3. The normalized spacial score (nSPS) is 16.0. The van der Waals surface area contributed by atoms with Crippen LogP contribution in [0.2, 0.25) is 0 Å². The first kappa shape index (κ1) is 15.5. The highest BCUT2D eigenvalue weighted by atomic mass is 127. The number of urea groups is 1. The largest absolute Gasteiger partial charge is 0.507 e. The lowest BCUT2D eigenvalue weighted by atomic mass is 10.2. The van der Waals surface area contributed by atoms with Crippen molar-refractivity contribution in [1.82, 2.24) is 10.2 Å². The van der Waals surface area contributed by atoms with E-state index in [1.165, 1.54) is 4.90 Å². The summed E-state index contributed by atoms with van der Waals surface area (Å²) in [7, 11) is 0. The highest BCUT2D eigenvalue weighted by Gasteiger charge is 2.33. The highest BCUT2D eigenvalue weighted by molar-refractivity contribution is 14.1. The lowest BCUT2D eigenvalue weighted by Crippen LogP contribution is -2.30. The Morgan fingerprint density at radius 2 is 1.87 bits per heavy atom. The van der Waals surface area contributed by atoms with Crippen molar-refractivity contribution in [3.05, 3.63) is 68.9 Å². The molecule has 0 aliphatic carbocycles. The molecule has 116 valence electrons. The minimum Gasteiger partial charge on any atom is -0.507 e. The molecule has 0 bridgehead atoms. The summed E-state index contributed by atoms with van der Waals surface area (Å²) in [5.74, 6) is -0.179. The molecule has 2 aromatic rings. The maximum atomic E-state index is 12.4. The van der Waals surface area contributed by atoms with Gasteiger partial charge in [-0.05, 0) is 51.9 Å². The van der Waals surface area contributed by atoms with Crippen LogP contribution in [0.1, 0.15) is 11.1 Å². The van der Waals surface area contributed by atoms with Crippen molar-refractivity contribution in [3.63, 3.8) is 0 Å². The quantitative estimate of drug-likeness (QED) is 0.456. The Morgan fingerprint density at radius 1 is 1.13 bits per heavy atom. The number of carbonyl (C=O) groups excluding carboxylic acids is 2. The fourth-order valence-corrected chi connectivity index (χ4v) is 2.80. The van der Waals surface area contributed by atoms with Crippen molar-refractivity contribution < 1.29 is 14.7 Å². The summed E-state index contributed by atoms with van der Waals surface area (Å²) in [5.41, 5.74) is 1.85. The molecule has 1 heterocycles. The third kappa shape index (κ3) is 3.37. The van der Waals surface area contributed by atoms with Crippen molar-refractivity contribution >= 4 is 40.6 Å². The number of phenolic OH excluding ortho intramolecular Hbond substituents is 1. The predicted octanol–water partition coefficient (Wildman–Crippen LogP) is 3.09. The van der Waals surface area contributed by atoms with E-state index in [9.17, 15) is 14.7 Å². The van der Waals surface area contributed by atoms with Gasteiger partial charge in [0.05, 0.1) is 10.1 Å². The number of hydrogen-bond donors (Lipinski definition) is 2. The smallest absolute Gasteiger partial charge is 0.329 e.